The van der Waals surface area contributed by atoms with Crippen LogP contribution in [0.4, 0.5) is 10.1 Å². The molecule has 0 amide bonds. The highest BCUT2D eigenvalue weighted by atomic mass is 19.1. The van der Waals surface area contributed by atoms with E-state index in [9.17, 15) is 4.39 Å². The highest BCUT2D eigenvalue weighted by Crippen LogP contribution is 2.20. The first kappa shape index (κ1) is 12.4. The lowest BCUT2D eigenvalue weighted by Crippen LogP contribution is -2.04. The molecule has 0 fully saturated rings. The lowest BCUT2D eigenvalue weighted by molar-refractivity contribution is 0.613. The molecule has 0 spiro atoms. The number of benzene rings is 2. The van der Waals surface area contributed by atoms with Crippen LogP contribution in [0.25, 0.3) is 5.69 Å². The minimum Gasteiger partial charge on any atom is -0.379 e. The fraction of sp³-hybridized carbons (Fsp3) is 0.0625. The van der Waals surface area contributed by atoms with Gasteiger partial charge in [-0.2, -0.15) is 0 Å². The zero-order chi connectivity index (χ0) is 13.8. The van der Waals surface area contributed by atoms with Crippen LogP contribution >= 0.6 is 0 Å². The molecule has 2 aromatic carbocycles. The van der Waals surface area contributed by atoms with Gasteiger partial charge in [0.1, 0.15) is 5.82 Å². The zero-order valence-electron chi connectivity index (χ0n) is 10.8. The number of hydrogen-bond donors (Lipinski definition) is 1. The Balaban J connectivity index is 1.84. The fourth-order valence-corrected chi connectivity index (χ4v) is 2.08. The predicted octanol–water partition coefficient (Wildman–Crippen LogP) is 3.62. The number of anilines is 1. The second-order valence-corrected chi connectivity index (χ2v) is 4.43. The summed E-state index contributed by atoms with van der Waals surface area (Å²) in [6, 6.07) is 14.6. The van der Waals surface area contributed by atoms with Gasteiger partial charge < -0.3 is 9.88 Å². The van der Waals surface area contributed by atoms with Crippen LogP contribution in [0.1, 0.15) is 5.56 Å². The van der Waals surface area contributed by atoms with Crippen molar-refractivity contribution >= 4 is 5.69 Å². The van der Waals surface area contributed by atoms with Gasteiger partial charge in [0.05, 0.1) is 17.7 Å². The quantitative estimate of drug-likeness (QED) is 0.782. The van der Waals surface area contributed by atoms with Crippen LogP contribution < -0.4 is 5.32 Å². The summed E-state index contributed by atoms with van der Waals surface area (Å²) in [5.41, 5.74) is 2.57. The average molecular weight is 267 g/mol. The highest BCUT2D eigenvalue weighted by Gasteiger charge is 2.05. The summed E-state index contributed by atoms with van der Waals surface area (Å²) in [5, 5.41) is 3.27. The van der Waals surface area contributed by atoms with Crippen molar-refractivity contribution in [2.75, 3.05) is 5.32 Å². The van der Waals surface area contributed by atoms with Gasteiger partial charge in [-0.05, 0) is 18.2 Å². The summed E-state index contributed by atoms with van der Waals surface area (Å²) in [6.07, 6.45) is 5.35. The summed E-state index contributed by atoms with van der Waals surface area (Å²) in [5.74, 6) is -0.194. The van der Waals surface area contributed by atoms with Gasteiger partial charge in [0, 0.05) is 24.5 Å². The number of halogens is 1. The van der Waals surface area contributed by atoms with E-state index in [0.29, 0.717) is 12.1 Å². The van der Waals surface area contributed by atoms with Gasteiger partial charge in [-0.25, -0.2) is 9.37 Å². The molecule has 0 bridgehead atoms. The number of hydrogen-bond acceptors (Lipinski definition) is 2. The average Bonchev–Trinajstić information content (AvgIpc) is 3.01. The van der Waals surface area contributed by atoms with Gasteiger partial charge in [-0.1, -0.05) is 30.3 Å². The van der Waals surface area contributed by atoms with Crippen molar-refractivity contribution in [1.29, 1.82) is 0 Å². The first-order valence-corrected chi connectivity index (χ1v) is 6.39. The smallest absolute Gasteiger partial charge is 0.128 e. The Morgan fingerprint density at radius 1 is 1.05 bits per heavy atom. The topological polar surface area (TPSA) is 29.9 Å². The second kappa shape index (κ2) is 5.57. The monoisotopic (exact) mass is 267 g/mol. The largest absolute Gasteiger partial charge is 0.379 e. The normalized spacial score (nSPS) is 10.4. The third kappa shape index (κ3) is 2.54. The molecule has 0 radical (unpaired) electrons. The SMILES string of the molecule is Fc1ccccc1CNc1ccccc1-n1ccnc1. The van der Waals surface area contributed by atoms with E-state index in [1.54, 1.807) is 24.7 Å². The third-order valence-corrected chi connectivity index (χ3v) is 3.11. The van der Waals surface area contributed by atoms with E-state index in [4.69, 9.17) is 0 Å². The predicted molar refractivity (Wildman–Crippen MR) is 77.3 cm³/mol. The maximum Gasteiger partial charge on any atom is 0.128 e. The summed E-state index contributed by atoms with van der Waals surface area (Å²) >= 11 is 0. The molecule has 20 heavy (non-hydrogen) atoms. The van der Waals surface area contributed by atoms with Crippen LogP contribution in [-0.2, 0) is 6.54 Å². The Morgan fingerprint density at radius 2 is 1.85 bits per heavy atom. The first-order chi connectivity index (χ1) is 9.84. The van der Waals surface area contributed by atoms with Crippen LogP contribution in [0.2, 0.25) is 0 Å². The van der Waals surface area contributed by atoms with Crippen molar-refractivity contribution in [1.82, 2.24) is 9.55 Å². The Labute approximate surface area is 116 Å². The Hall–Kier alpha value is -2.62. The molecular formula is C16H14FN3. The summed E-state index contributed by atoms with van der Waals surface area (Å²) in [6.45, 7) is 0.443. The number of nitrogens with zero attached hydrogens (tertiary/aromatic N) is 2. The van der Waals surface area contributed by atoms with Crippen LogP contribution in [0.5, 0.6) is 0 Å². The molecule has 1 aromatic heterocycles. The van der Waals surface area contributed by atoms with Gasteiger partial charge in [0.2, 0.25) is 0 Å². The van der Waals surface area contributed by atoms with Crippen molar-refractivity contribution < 1.29 is 4.39 Å². The summed E-state index contributed by atoms with van der Waals surface area (Å²) in [7, 11) is 0. The first-order valence-electron chi connectivity index (χ1n) is 6.39. The van der Waals surface area contributed by atoms with Crippen LogP contribution in [0.15, 0.2) is 67.3 Å². The van der Waals surface area contributed by atoms with Gasteiger partial charge >= 0.3 is 0 Å². The highest BCUT2D eigenvalue weighted by molar-refractivity contribution is 5.61. The van der Waals surface area contributed by atoms with E-state index in [2.05, 4.69) is 10.3 Å². The molecule has 4 heteroatoms. The van der Waals surface area contributed by atoms with E-state index in [1.165, 1.54) is 6.07 Å². The number of para-hydroxylation sites is 2. The van der Waals surface area contributed by atoms with E-state index in [-0.39, 0.29) is 5.82 Å². The molecule has 0 unspecified atom stereocenters. The zero-order valence-corrected chi connectivity index (χ0v) is 10.8. The molecule has 3 rings (SSSR count). The summed E-state index contributed by atoms with van der Waals surface area (Å²) in [4.78, 5) is 4.05. The molecule has 0 aliphatic carbocycles. The van der Waals surface area contributed by atoms with Crippen molar-refractivity contribution in [3.8, 4) is 5.69 Å². The Morgan fingerprint density at radius 3 is 2.65 bits per heavy atom. The molecule has 0 aliphatic heterocycles. The second-order valence-electron chi connectivity index (χ2n) is 4.43. The molecule has 0 aliphatic rings. The molecule has 3 nitrogen and oxygen atoms in total. The summed E-state index contributed by atoms with van der Waals surface area (Å²) < 4.78 is 15.5. The molecule has 1 heterocycles. The third-order valence-electron chi connectivity index (χ3n) is 3.11. The van der Waals surface area contributed by atoms with Gasteiger partial charge in [0.25, 0.3) is 0 Å². The van der Waals surface area contributed by atoms with Crippen LogP contribution in [-0.4, -0.2) is 9.55 Å². The fourth-order valence-electron chi connectivity index (χ4n) is 2.08. The molecule has 0 atom stereocenters. The number of rotatable bonds is 4. The van der Waals surface area contributed by atoms with Gasteiger partial charge in [0.15, 0.2) is 0 Å². The van der Waals surface area contributed by atoms with E-state index >= 15 is 0 Å². The maximum atomic E-state index is 13.6. The number of imidazole rings is 1. The van der Waals surface area contributed by atoms with Crippen molar-refractivity contribution in [2.24, 2.45) is 0 Å². The van der Waals surface area contributed by atoms with Crippen molar-refractivity contribution in [2.45, 2.75) is 6.54 Å². The van der Waals surface area contributed by atoms with E-state index in [1.807, 2.05) is 41.1 Å². The molecule has 0 saturated heterocycles. The molecule has 1 N–H and O–H groups in total. The number of nitrogens with one attached hydrogen (secondary N) is 1. The van der Waals surface area contributed by atoms with Gasteiger partial charge in [-0.15, -0.1) is 0 Å². The van der Waals surface area contributed by atoms with Crippen LogP contribution in [0, 0.1) is 5.82 Å². The minimum atomic E-state index is -0.194. The standard InChI is InChI=1S/C16H14FN3/c17-14-6-2-1-5-13(14)11-19-15-7-3-4-8-16(15)20-10-9-18-12-20/h1-10,12,19H,11H2. The molecule has 3 aromatic rings. The van der Waals surface area contributed by atoms with Crippen LogP contribution in [0.3, 0.4) is 0 Å². The van der Waals surface area contributed by atoms with Crippen molar-refractivity contribution in [3.63, 3.8) is 0 Å². The Kier molecular flexibility index (Phi) is 3.46. The maximum absolute atomic E-state index is 13.6. The van der Waals surface area contributed by atoms with Gasteiger partial charge in [-0.3, -0.25) is 0 Å². The molecular weight excluding hydrogens is 253 g/mol. The van der Waals surface area contributed by atoms with E-state index in [0.717, 1.165) is 11.4 Å². The molecule has 0 saturated carbocycles. The Bertz CT molecular complexity index is 692. The van der Waals surface area contributed by atoms with E-state index < -0.39 is 0 Å². The minimum absolute atomic E-state index is 0.194. The van der Waals surface area contributed by atoms with Crippen molar-refractivity contribution in [3.05, 3.63) is 78.6 Å². The lowest BCUT2D eigenvalue weighted by Gasteiger charge is -2.12. The molecule has 100 valence electrons. The number of aromatic nitrogens is 2. The lowest BCUT2D eigenvalue weighted by atomic mass is 10.2.